The Balaban J connectivity index is 1.39. The van der Waals surface area contributed by atoms with Crippen molar-refractivity contribution >= 4 is 5.91 Å². The van der Waals surface area contributed by atoms with Gasteiger partial charge in [0, 0.05) is 24.9 Å². The normalized spacial score (nSPS) is 21.2. The number of alkyl halides is 2. The third kappa shape index (κ3) is 3.20. The van der Waals surface area contributed by atoms with Gasteiger partial charge in [-0.25, -0.2) is 13.8 Å². The highest BCUT2D eigenvalue weighted by molar-refractivity contribution is 5.77. The summed E-state index contributed by atoms with van der Waals surface area (Å²) in [7, 11) is 0. The van der Waals surface area contributed by atoms with Crippen molar-refractivity contribution in [2.24, 2.45) is 5.92 Å². The molecule has 0 aromatic carbocycles. The first-order valence-corrected chi connectivity index (χ1v) is 8.90. The molecule has 2 atom stereocenters. The predicted octanol–water partition coefficient (Wildman–Crippen LogP) is 4.07. The first-order valence-electron chi connectivity index (χ1n) is 8.90. The van der Waals surface area contributed by atoms with Crippen LogP contribution in [0.25, 0.3) is 0 Å². The first-order chi connectivity index (χ1) is 12.4. The third-order valence-electron chi connectivity index (χ3n) is 5.44. The molecule has 1 fully saturated rings. The molecular formula is C20H21F2N3O. The van der Waals surface area contributed by atoms with Crippen LogP contribution in [0, 0.1) is 19.8 Å². The van der Waals surface area contributed by atoms with Crippen LogP contribution in [0.5, 0.6) is 0 Å². The van der Waals surface area contributed by atoms with Gasteiger partial charge in [-0.15, -0.1) is 0 Å². The average Bonchev–Trinajstić information content (AvgIpc) is 3.21. The molecule has 0 saturated heterocycles. The monoisotopic (exact) mass is 357 g/mol. The van der Waals surface area contributed by atoms with Gasteiger partial charge < -0.3 is 4.90 Å². The molecule has 2 aromatic rings. The summed E-state index contributed by atoms with van der Waals surface area (Å²) >= 11 is 0. The summed E-state index contributed by atoms with van der Waals surface area (Å²) in [6.07, 6.45) is 0.811. The van der Waals surface area contributed by atoms with Gasteiger partial charge >= 0.3 is 0 Å². The van der Waals surface area contributed by atoms with E-state index >= 15 is 0 Å². The van der Waals surface area contributed by atoms with E-state index in [4.69, 9.17) is 0 Å². The lowest BCUT2D eigenvalue weighted by Gasteiger charge is -2.15. The minimum Gasteiger partial charge on any atom is -0.332 e. The van der Waals surface area contributed by atoms with Crippen LogP contribution in [-0.4, -0.2) is 20.8 Å². The Bertz CT molecular complexity index is 851. The molecule has 1 aliphatic heterocycles. The lowest BCUT2D eigenvalue weighted by atomic mass is 10.1. The largest absolute Gasteiger partial charge is 0.332 e. The summed E-state index contributed by atoms with van der Waals surface area (Å²) in [6.45, 7) is 4.57. The minimum absolute atomic E-state index is 0.0774. The Kier molecular flexibility index (Phi) is 4.21. The molecule has 0 N–H and O–H groups in total. The first kappa shape index (κ1) is 17.1. The molecule has 0 radical (unpaired) electrons. The number of nitrogens with zero attached hydrogens (tertiary/aromatic N) is 3. The van der Waals surface area contributed by atoms with E-state index in [2.05, 4.69) is 16.0 Å². The molecule has 1 amide bonds. The molecule has 1 aliphatic carbocycles. The molecule has 0 bridgehead atoms. The second-order valence-electron chi connectivity index (χ2n) is 7.38. The lowest BCUT2D eigenvalue weighted by molar-refractivity contribution is -0.132. The SMILES string of the molecule is Cc1ccc([C@H]2C[C@@H]2CC(=O)N2Cc3nc(C(F)F)cc(C)c3C2)cn1. The number of pyridine rings is 2. The number of hydrogen-bond donors (Lipinski definition) is 0. The Morgan fingerprint density at radius 3 is 2.81 bits per heavy atom. The number of fused-ring (bicyclic) bond motifs is 1. The Morgan fingerprint density at radius 1 is 1.31 bits per heavy atom. The number of carbonyl (C=O) groups is 1. The van der Waals surface area contributed by atoms with E-state index in [9.17, 15) is 13.6 Å². The fourth-order valence-corrected chi connectivity index (χ4v) is 3.79. The molecule has 0 unspecified atom stereocenters. The topological polar surface area (TPSA) is 46.1 Å². The molecule has 0 spiro atoms. The Labute approximate surface area is 151 Å². The van der Waals surface area contributed by atoms with Crippen molar-refractivity contribution < 1.29 is 13.6 Å². The molecule has 6 heteroatoms. The Hall–Kier alpha value is -2.37. The summed E-state index contributed by atoms with van der Waals surface area (Å²) in [5.74, 6) is 0.831. The van der Waals surface area contributed by atoms with Gasteiger partial charge in [-0.3, -0.25) is 9.78 Å². The van der Waals surface area contributed by atoms with Crippen molar-refractivity contribution in [2.75, 3.05) is 0 Å². The molecule has 136 valence electrons. The number of halogens is 2. The van der Waals surface area contributed by atoms with Crippen LogP contribution < -0.4 is 0 Å². The number of amides is 1. The number of rotatable bonds is 4. The van der Waals surface area contributed by atoms with Crippen LogP contribution >= 0.6 is 0 Å². The molecule has 4 rings (SSSR count). The van der Waals surface area contributed by atoms with Crippen LogP contribution in [-0.2, 0) is 17.9 Å². The van der Waals surface area contributed by atoms with E-state index in [-0.39, 0.29) is 11.6 Å². The molecule has 4 nitrogen and oxygen atoms in total. The second kappa shape index (κ2) is 6.41. The van der Waals surface area contributed by atoms with E-state index in [0.29, 0.717) is 37.0 Å². The molecule has 1 saturated carbocycles. The highest BCUT2D eigenvalue weighted by atomic mass is 19.3. The fourth-order valence-electron chi connectivity index (χ4n) is 3.79. The zero-order valence-electron chi connectivity index (χ0n) is 14.9. The van der Waals surface area contributed by atoms with Crippen molar-refractivity contribution in [1.82, 2.24) is 14.9 Å². The van der Waals surface area contributed by atoms with Gasteiger partial charge in [-0.05, 0) is 60.9 Å². The van der Waals surface area contributed by atoms with Crippen LogP contribution in [0.15, 0.2) is 24.4 Å². The van der Waals surface area contributed by atoms with Gasteiger partial charge in [-0.2, -0.15) is 0 Å². The van der Waals surface area contributed by atoms with E-state index in [1.807, 2.05) is 26.1 Å². The smallest absolute Gasteiger partial charge is 0.280 e. The van der Waals surface area contributed by atoms with E-state index < -0.39 is 6.43 Å². The number of carbonyl (C=O) groups excluding carboxylic acids is 1. The van der Waals surface area contributed by atoms with E-state index in [0.717, 1.165) is 23.2 Å². The van der Waals surface area contributed by atoms with Gasteiger partial charge in [0.25, 0.3) is 6.43 Å². The lowest BCUT2D eigenvalue weighted by Crippen LogP contribution is -2.25. The Morgan fingerprint density at radius 2 is 2.12 bits per heavy atom. The van der Waals surface area contributed by atoms with Gasteiger partial charge in [0.15, 0.2) is 0 Å². The summed E-state index contributed by atoms with van der Waals surface area (Å²) < 4.78 is 25.9. The highest BCUT2D eigenvalue weighted by Gasteiger charge is 2.41. The molecule has 3 heterocycles. The van der Waals surface area contributed by atoms with Crippen LogP contribution in [0.3, 0.4) is 0 Å². The number of hydrogen-bond acceptors (Lipinski definition) is 3. The van der Waals surface area contributed by atoms with Crippen molar-refractivity contribution in [3.05, 3.63) is 58.2 Å². The average molecular weight is 357 g/mol. The fraction of sp³-hybridized carbons (Fsp3) is 0.450. The summed E-state index contributed by atoms with van der Waals surface area (Å²) in [5.41, 5.74) is 4.29. The molecule has 2 aliphatic rings. The summed E-state index contributed by atoms with van der Waals surface area (Å²) in [5, 5.41) is 0. The van der Waals surface area contributed by atoms with E-state index in [1.165, 1.54) is 11.6 Å². The van der Waals surface area contributed by atoms with Crippen molar-refractivity contribution in [3.63, 3.8) is 0 Å². The second-order valence-corrected chi connectivity index (χ2v) is 7.38. The van der Waals surface area contributed by atoms with Gasteiger partial charge in [0.2, 0.25) is 5.91 Å². The zero-order chi connectivity index (χ0) is 18.4. The van der Waals surface area contributed by atoms with Crippen LogP contribution in [0.2, 0.25) is 0 Å². The predicted molar refractivity (Wildman–Crippen MR) is 92.6 cm³/mol. The highest BCUT2D eigenvalue weighted by Crippen LogP contribution is 2.49. The molecule has 2 aromatic heterocycles. The van der Waals surface area contributed by atoms with Crippen LogP contribution in [0.4, 0.5) is 8.78 Å². The minimum atomic E-state index is -2.58. The maximum absolute atomic E-state index is 12.9. The van der Waals surface area contributed by atoms with Gasteiger partial charge in [-0.1, -0.05) is 6.07 Å². The van der Waals surface area contributed by atoms with Crippen LogP contribution in [0.1, 0.15) is 59.0 Å². The third-order valence-corrected chi connectivity index (χ3v) is 5.44. The summed E-state index contributed by atoms with van der Waals surface area (Å²) in [4.78, 5) is 22.8. The maximum atomic E-state index is 12.9. The standard InChI is InChI=1S/C20H21F2N3O/c1-11-5-17(20(21)22)24-18-10-25(9-16(11)18)19(26)7-14-6-15(14)13-4-3-12(2)23-8-13/h3-5,8,14-15,20H,6-7,9-10H2,1-2H3/t14-,15-/m1/s1. The number of aryl methyl sites for hydroxylation is 2. The van der Waals surface area contributed by atoms with Gasteiger partial charge in [0.05, 0.1) is 12.2 Å². The number of aromatic nitrogens is 2. The van der Waals surface area contributed by atoms with Gasteiger partial charge in [0.1, 0.15) is 5.69 Å². The van der Waals surface area contributed by atoms with Crippen molar-refractivity contribution in [2.45, 2.75) is 52.1 Å². The van der Waals surface area contributed by atoms with E-state index in [1.54, 1.807) is 4.90 Å². The van der Waals surface area contributed by atoms with Crippen molar-refractivity contribution in [1.29, 1.82) is 0 Å². The van der Waals surface area contributed by atoms with Crippen molar-refractivity contribution in [3.8, 4) is 0 Å². The maximum Gasteiger partial charge on any atom is 0.280 e. The summed E-state index contributed by atoms with van der Waals surface area (Å²) in [6, 6.07) is 5.51. The molecule has 26 heavy (non-hydrogen) atoms. The zero-order valence-corrected chi connectivity index (χ0v) is 14.9. The molecular weight excluding hydrogens is 336 g/mol. The quantitative estimate of drug-likeness (QED) is 0.829.